The van der Waals surface area contributed by atoms with Crippen molar-refractivity contribution in [3.8, 4) is 0 Å². The number of hydrogen-bond donors (Lipinski definition) is 1. The molecule has 4 aromatic rings. The van der Waals surface area contributed by atoms with Crippen LogP contribution in [-0.4, -0.2) is 33.5 Å². The number of aryl methyl sites for hydroxylation is 3. The Morgan fingerprint density at radius 1 is 1.12 bits per heavy atom. The van der Waals surface area contributed by atoms with Gasteiger partial charge in [-0.2, -0.15) is 0 Å². The highest BCUT2D eigenvalue weighted by atomic mass is 32.1. The fourth-order valence-corrected chi connectivity index (χ4v) is 5.23. The lowest BCUT2D eigenvalue weighted by Crippen LogP contribution is -2.27. The smallest absolute Gasteiger partial charge is 0.271 e. The number of amides is 1. The topological polar surface area (TPSA) is 80.1 Å². The number of nitrogens with zero attached hydrogens (tertiary/aromatic N) is 4. The lowest BCUT2D eigenvalue weighted by Gasteiger charge is -2.22. The molecule has 0 saturated carbocycles. The molecule has 0 spiro atoms. The molecule has 3 aromatic heterocycles. The Balaban J connectivity index is 1.59. The highest BCUT2D eigenvalue weighted by Gasteiger charge is 2.16. The molecule has 8 heteroatoms. The number of nitrogens with one attached hydrogen (secondary N) is 1. The second-order valence-electron chi connectivity index (χ2n) is 7.94. The minimum Gasteiger partial charge on any atom is -0.372 e. The minimum absolute atomic E-state index is 0.0985. The molecule has 7 nitrogen and oxygen atoms in total. The fraction of sp³-hybridized carbons (Fsp3) is 0.333. The summed E-state index contributed by atoms with van der Waals surface area (Å²) in [6.07, 6.45) is 1.45. The van der Waals surface area contributed by atoms with Gasteiger partial charge >= 0.3 is 0 Å². The molecule has 4 rings (SSSR count). The van der Waals surface area contributed by atoms with Crippen LogP contribution in [0.2, 0.25) is 0 Å². The van der Waals surface area contributed by atoms with Gasteiger partial charge in [0.1, 0.15) is 16.1 Å². The number of anilines is 2. The van der Waals surface area contributed by atoms with Crippen LogP contribution in [0, 0.1) is 20.8 Å². The molecule has 166 valence electrons. The SMILES string of the molecule is CCN(CC)c1ccc(NC(=O)Cn2cnc3c(sc4nc(C)cc(C)c43)c2=O)c(C)c1. The zero-order valence-corrected chi connectivity index (χ0v) is 19.8. The van der Waals surface area contributed by atoms with Gasteiger partial charge in [-0.25, -0.2) is 9.97 Å². The summed E-state index contributed by atoms with van der Waals surface area (Å²) in [4.78, 5) is 37.9. The number of thiophene rings is 1. The van der Waals surface area contributed by atoms with E-state index in [1.165, 1.54) is 22.2 Å². The number of rotatable bonds is 6. The van der Waals surface area contributed by atoms with Crippen molar-refractivity contribution in [3.05, 3.63) is 57.8 Å². The highest BCUT2D eigenvalue weighted by Crippen LogP contribution is 2.31. The van der Waals surface area contributed by atoms with Gasteiger partial charge in [0.15, 0.2) is 0 Å². The Kier molecular flexibility index (Phi) is 5.97. The van der Waals surface area contributed by atoms with Crippen molar-refractivity contribution in [3.63, 3.8) is 0 Å². The molecule has 0 radical (unpaired) electrons. The first-order valence-electron chi connectivity index (χ1n) is 10.7. The van der Waals surface area contributed by atoms with Crippen molar-refractivity contribution in [2.45, 2.75) is 41.2 Å². The average Bonchev–Trinajstić information content (AvgIpc) is 3.12. The molecule has 0 saturated heterocycles. The van der Waals surface area contributed by atoms with Crippen LogP contribution in [0.3, 0.4) is 0 Å². The van der Waals surface area contributed by atoms with Crippen LogP contribution in [-0.2, 0) is 11.3 Å². The van der Waals surface area contributed by atoms with Crippen LogP contribution in [0.5, 0.6) is 0 Å². The van der Waals surface area contributed by atoms with Crippen LogP contribution in [0.15, 0.2) is 35.4 Å². The maximum absolute atomic E-state index is 13.1. The Labute approximate surface area is 190 Å². The van der Waals surface area contributed by atoms with E-state index in [4.69, 9.17) is 0 Å². The molecule has 0 aliphatic rings. The summed E-state index contributed by atoms with van der Waals surface area (Å²) in [6, 6.07) is 7.97. The summed E-state index contributed by atoms with van der Waals surface area (Å²) >= 11 is 1.33. The zero-order valence-electron chi connectivity index (χ0n) is 19.0. The normalized spacial score (nSPS) is 11.3. The lowest BCUT2D eigenvalue weighted by atomic mass is 10.1. The second-order valence-corrected chi connectivity index (χ2v) is 8.94. The molecule has 0 bridgehead atoms. The number of fused-ring (bicyclic) bond motifs is 3. The molecule has 0 atom stereocenters. The first-order chi connectivity index (χ1) is 15.3. The van der Waals surface area contributed by atoms with E-state index in [0.29, 0.717) is 10.2 Å². The molecular weight excluding hydrogens is 422 g/mol. The third-order valence-corrected chi connectivity index (χ3v) is 6.73. The standard InChI is InChI=1S/C24H27N5O2S/c1-6-28(7-2)17-8-9-18(14(3)11-17)27-19(30)12-29-13-25-21-20-15(4)10-16(5)26-23(20)32-22(21)24(29)31/h8-11,13H,6-7,12H2,1-5H3,(H,27,30). The maximum atomic E-state index is 13.1. The van der Waals surface area contributed by atoms with Crippen LogP contribution < -0.4 is 15.8 Å². The molecule has 1 N–H and O–H groups in total. The van der Waals surface area contributed by atoms with Crippen LogP contribution in [0.1, 0.15) is 30.7 Å². The van der Waals surface area contributed by atoms with Crippen molar-refractivity contribution in [1.82, 2.24) is 14.5 Å². The Bertz CT molecular complexity index is 1380. The van der Waals surface area contributed by atoms with Gasteiger partial charge in [-0.05, 0) is 70.0 Å². The lowest BCUT2D eigenvalue weighted by molar-refractivity contribution is -0.116. The largest absolute Gasteiger partial charge is 0.372 e. The van der Waals surface area contributed by atoms with Gasteiger partial charge in [-0.3, -0.25) is 14.2 Å². The zero-order chi connectivity index (χ0) is 23.0. The van der Waals surface area contributed by atoms with Crippen molar-refractivity contribution in [1.29, 1.82) is 0 Å². The van der Waals surface area contributed by atoms with Crippen LogP contribution in [0.25, 0.3) is 20.4 Å². The van der Waals surface area contributed by atoms with Crippen LogP contribution in [0.4, 0.5) is 11.4 Å². The fourth-order valence-electron chi connectivity index (χ4n) is 4.03. The van der Waals surface area contributed by atoms with Gasteiger partial charge < -0.3 is 10.2 Å². The Morgan fingerprint density at radius 3 is 2.56 bits per heavy atom. The van der Waals surface area contributed by atoms with Crippen molar-refractivity contribution < 1.29 is 4.79 Å². The first kappa shape index (κ1) is 22.0. The van der Waals surface area contributed by atoms with E-state index in [9.17, 15) is 9.59 Å². The number of carbonyl (C=O) groups is 1. The van der Waals surface area contributed by atoms with E-state index < -0.39 is 0 Å². The molecule has 1 amide bonds. The molecule has 0 fully saturated rings. The number of hydrogen-bond acceptors (Lipinski definition) is 6. The summed E-state index contributed by atoms with van der Waals surface area (Å²) in [5, 5.41) is 3.84. The van der Waals surface area contributed by atoms with Crippen molar-refractivity contribution in [2.24, 2.45) is 0 Å². The van der Waals surface area contributed by atoms with E-state index in [0.717, 1.165) is 51.5 Å². The monoisotopic (exact) mass is 449 g/mol. The van der Waals surface area contributed by atoms with Gasteiger partial charge in [0.25, 0.3) is 5.56 Å². The molecular formula is C24H27N5O2S. The van der Waals surface area contributed by atoms with Crippen molar-refractivity contribution >= 4 is 49.1 Å². The van der Waals surface area contributed by atoms with Gasteiger partial charge in [-0.15, -0.1) is 11.3 Å². The predicted molar refractivity (Wildman–Crippen MR) is 132 cm³/mol. The predicted octanol–water partition coefficient (Wildman–Crippen LogP) is 4.42. The van der Waals surface area contributed by atoms with E-state index in [1.807, 2.05) is 39.0 Å². The van der Waals surface area contributed by atoms with Gasteiger partial charge in [0, 0.05) is 35.5 Å². The quantitative estimate of drug-likeness (QED) is 0.471. The second kappa shape index (κ2) is 8.70. The Hall–Kier alpha value is -3.26. The summed E-state index contributed by atoms with van der Waals surface area (Å²) in [5.41, 5.74) is 5.22. The summed E-state index contributed by atoms with van der Waals surface area (Å²) in [6.45, 7) is 11.9. The summed E-state index contributed by atoms with van der Waals surface area (Å²) < 4.78 is 1.88. The molecule has 0 aliphatic heterocycles. The minimum atomic E-state index is -0.266. The third kappa shape index (κ3) is 3.98. The van der Waals surface area contributed by atoms with Crippen molar-refractivity contribution in [2.75, 3.05) is 23.3 Å². The number of carbonyl (C=O) groups excluding carboxylic acids is 1. The summed E-state index contributed by atoms with van der Waals surface area (Å²) in [5.74, 6) is -0.266. The number of benzene rings is 1. The Morgan fingerprint density at radius 2 is 1.88 bits per heavy atom. The van der Waals surface area contributed by atoms with E-state index in [-0.39, 0.29) is 18.0 Å². The van der Waals surface area contributed by atoms with Gasteiger partial charge in [0.05, 0.1) is 11.8 Å². The number of pyridine rings is 1. The first-order valence-corrected chi connectivity index (χ1v) is 11.5. The molecule has 3 heterocycles. The maximum Gasteiger partial charge on any atom is 0.271 e. The van der Waals surface area contributed by atoms with E-state index in [2.05, 4.69) is 40.1 Å². The van der Waals surface area contributed by atoms with Crippen LogP contribution >= 0.6 is 11.3 Å². The van der Waals surface area contributed by atoms with E-state index in [1.54, 1.807) is 0 Å². The molecule has 1 aromatic carbocycles. The highest BCUT2D eigenvalue weighted by molar-refractivity contribution is 7.25. The van der Waals surface area contributed by atoms with E-state index >= 15 is 0 Å². The van der Waals surface area contributed by atoms with Gasteiger partial charge in [0.2, 0.25) is 5.91 Å². The van der Waals surface area contributed by atoms with Gasteiger partial charge in [-0.1, -0.05) is 0 Å². The average molecular weight is 450 g/mol. The third-order valence-electron chi connectivity index (χ3n) is 5.67. The molecule has 32 heavy (non-hydrogen) atoms. The molecule has 0 unspecified atom stereocenters. The summed E-state index contributed by atoms with van der Waals surface area (Å²) in [7, 11) is 0. The number of aromatic nitrogens is 3. The molecule has 0 aliphatic carbocycles.